The average molecular weight is 286 g/mol. The van der Waals surface area contributed by atoms with Crippen molar-refractivity contribution in [1.82, 2.24) is 10.1 Å². The molecule has 0 aliphatic heterocycles. The number of hydrogen-bond donors (Lipinski definition) is 1. The van der Waals surface area contributed by atoms with E-state index in [2.05, 4.69) is 15.5 Å². The predicted molar refractivity (Wildman–Crippen MR) is 67.8 cm³/mol. The highest BCUT2D eigenvalue weighted by atomic mass is 35.5. The van der Waals surface area contributed by atoms with Crippen molar-refractivity contribution in [3.05, 3.63) is 40.0 Å². The molecule has 0 saturated heterocycles. The van der Waals surface area contributed by atoms with E-state index in [1.54, 1.807) is 25.1 Å². The molecule has 0 radical (unpaired) electrons. The van der Waals surface area contributed by atoms with Crippen LogP contribution in [0, 0.1) is 6.92 Å². The van der Waals surface area contributed by atoms with E-state index in [9.17, 15) is 4.79 Å². The number of rotatable bonds is 3. The lowest BCUT2D eigenvalue weighted by Crippen LogP contribution is -2.14. The minimum absolute atomic E-state index is 0.000203. The number of nitrogens with zero attached hydrogens (tertiary/aromatic N) is 2. The van der Waals surface area contributed by atoms with Crippen LogP contribution in [0.5, 0.6) is 0 Å². The predicted octanol–water partition coefficient (Wildman–Crippen LogP) is 2.87. The summed E-state index contributed by atoms with van der Waals surface area (Å²) in [4.78, 5) is 15.6. The van der Waals surface area contributed by atoms with Gasteiger partial charge in [-0.1, -0.05) is 28.4 Å². The van der Waals surface area contributed by atoms with Gasteiger partial charge >= 0.3 is 0 Å². The average Bonchev–Trinajstić information content (AvgIpc) is 2.68. The molecule has 1 amide bonds. The summed E-state index contributed by atoms with van der Waals surface area (Å²) < 4.78 is 4.85. The van der Waals surface area contributed by atoms with Gasteiger partial charge in [-0.25, -0.2) is 0 Å². The zero-order valence-corrected chi connectivity index (χ0v) is 10.9. The monoisotopic (exact) mass is 285 g/mol. The second kappa shape index (κ2) is 5.37. The van der Waals surface area contributed by atoms with E-state index >= 15 is 0 Å². The Bertz CT molecular complexity index is 583. The van der Waals surface area contributed by atoms with Crippen molar-refractivity contribution in [2.24, 2.45) is 0 Å². The fraction of sp³-hybridized carbons (Fsp3) is 0.182. The molecule has 0 aliphatic carbocycles. The summed E-state index contributed by atoms with van der Waals surface area (Å²) >= 11 is 11.7. The SMILES string of the molecule is Cc1noc(CC(=O)Nc2ccc(Cl)cc2Cl)n1. The first-order chi connectivity index (χ1) is 8.54. The van der Waals surface area contributed by atoms with Gasteiger partial charge in [0.2, 0.25) is 11.8 Å². The molecule has 0 atom stereocenters. The summed E-state index contributed by atoms with van der Waals surface area (Å²) in [5.74, 6) is 0.459. The van der Waals surface area contributed by atoms with Gasteiger partial charge in [0.15, 0.2) is 5.82 Å². The molecule has 0 aliphatic rings. The fourth-order valence-electron chi connectivity index (χ4n) is 1.33. The lowest BCUT2D eigenvalue weighted by molar-refractivity contribution is -0.115. The fourth-order valence-corrected chi connectivity index (χ4v) is 1.79. The minimum atomic E-state index is -0.289. The lowest BCUT2D eigenvalue weighted by atomic mass is 10.3. The smallest absolute Gasteiger partial charge is 0.236 e. The van der Waals surface area contributed by atoms with Crippen LogP contribution in [0.4, 0.5) is 5.69 Å². The maximum Gasteiger partial charge on any atom is 0.236 e. The molecule has 0 bridgehead atoms. The van der Waals surface area contributed by atoms with E-state index in [4.69, 9.17) is 27.7 Å². The first-order valence-electron chi connectivity index (χ1n) is 5.08. The molecule has 0 saturated carbocycles. The maximum atomic E-state index is 11.7. The van der Waals surface area contributed by atoms with Gasteiger partial charge in [0.1, 0.15) is 6.42 Å². The third-order valence-electron chi connectivity index (χ3n) is 2.09. The standard InChI is InChI=1S/C11H9Cl2N3O2/c1-6-14-11(18-16-6)5-10(17)15-9-3-2-7(12)4-8(9)13/h2-4H,5H2,1H3,(H,15,17). The maximum absolute atomic E-state index is 11.7. The second-order valence-corrected chi connectivity index (χ2v) is 4.43. The van der Waals surface area contributed by atoms with Crippen LogP contribution in [0.3, 0.4) is 0 Å². The van der Waals surface area contributed by atoms with Crippen molar-refractivity contribution in [2.45, 2.75) is 13.3 Å². The van der Waals surface area contributed by atoms with E-state index in [0.29, 0.717) is 21.6 Å². The van der Waals surface area contributed by atoms with Crippen LogP contribution in [0.1, 0.15) is 11.7 Å². The number of aromatic nitrogens is 2. The highest BCUT2D eigenvalue weighted by Crippen LogP contribution is 2.25. The lowest BCUT2D eigenvalue weighted by Gasteiger charge is -2.05. The minimum Gasteiger partial charge on any atom is -0.339 e. The number of benzene rings is 1. The first-order valence-corrected chi connectivity index (χ1v) is 5.84. The number of carbonyl (C=O) groups excluding carboxylic acids is 1. The molecule has 2 rings (SSSR count). The van der Waals surface area contributed by atoms with Crippen LogP contribution < -0.4 is 5.32 Å². The van der Waals surface area contributed by atoms with E-state index in [1.807, 2.05) is 0 Å². The summed E-state index contributed by atoms with van der Waals surface area (Å²) in [5, 5.41) is 7.11. The Balaban J connectivity index is 2.03. The molecular formula is C11H9Cl2N3O2. The molecular weight excluding hydrogens is 277 g/mol. The van der Waals surface area contributed by atoms with Gasteiger partial charge in [-0.05, 0) is 25.1 Å². The number of anilines is 1. The molecule has 1 aromatic carbocycles. The Labute approximate surface area is 113 Å². The zero-order chi connectivity index (χ0) is 13.1. The van der Waals surface area contributed by atoms with Crippen LogP contribution in [0.25, 0.3) is 0 Å². The zero-order valence-electron chi connectivity index (χ0n) is 9.41. The largest absolute Gasteiger partial charge is 0.339 e. The van der Waals surface area contributed by atoms with Crippen LogP contribution in [-0.4, -0.2) is 16.0 Å². The van der Waals surface area contributed by atoms with E-state index in [1.165, 1.54) is 0 Å². The Hall–Kier alpha value is -1.59. The molecule has 1 aromatic heterocycles. The summed E-state index contributed by atoms with van der Waals surface area (Å²) in [7, 11) is 0. The van der Waals surface area contributed by atoms with Crippen molar-refractivity contribution in [2.75, 3.05) is 5.32 Å². The molecule has 0 fully saturated rings. The first kappa shape index (κ1) is 12.9. The number of halogens is 2. The Morgan fingerprint density at radius 3 is 2.83 bits per heavy atom. The molecule has 5 nitrogen and oxygen atoms in total. The van der Waals surface area contributed by atoms with E-state index in [0.717, 1.165) is 0 Å². The van der Waals surface area contributed by atoms with Crippen molar-refractivity contribution in [3.8, 4) is 0 Å². The number of carbonyl (C=O) groups is 1. The molecule has 0 unspecified atom stereocenters. The Kier molecular flexibility index (Phi) is 3.84. The normalized spacial score (nSPS) is 10.4. The summed E-state index contributed by atoms with van der Waals surface area (Å²) in [6, 6.07) is 4.82. The van der Waals surface area contributed by atoms with E-state index < -0.39 is 0 Å². The highest BCUT2D eigenvalue weighted by Gasteiger charge is 2.11. The van der Waals surface area contributed by atoms with Gasteiger partial charge in [0, 0.05) is 5.02 Å². The van der Waals surface area contributed by atoms with Crippen molar-refractivity contribution >= 4 is 34.8 Å². The highest BCUT2D eigenvalue weighted by molar-refractivity contribution is 6.36. The van der Waals surface area contributed by atoms with Gasteiger partial charge in [0.05, 0.1) is 10.7 Å². The van der Waals surface area contributed by atoms with Crippen molar-refractivity contribution < 1.29 is 9.32 Å². The number of amides is 1. The Morgan fingerprint density at radius 1 is 1.44 bits per heavy atom. The molecule has 2 aromatic rings. The number of aryl methyl sites for hydroxylation is 1. The molecule has 1 N–H and O–H groups in total. The summed E-state index contributed by atoms with van der Waals surface area (Å²) in [6.07, 6.45) is -0.000203. The second-order valence-electron chi connectivity index (χ2n) is 3.58. The van der Waals surface area contributed by atoms with Gasteiger partial charge in [-0.15, -0.1) is 0 Å². The van der Waals surface area contributed by atoms with Gasteiger partial charge in [0.25, 0.3) is 0 Å². The molecule has 1 heterocycles. The van der Waals surface area contributed by atoms with Crippen LogP contribution in [0.15, 0.2) is 22.7 Å². The third kappa shape index (κ3) is 3.21. The number of hydrogen-bond acceptors (Lipinski definition) is 4. The van der Waals surface area contributed by atoms with E-state index in [-0.39, 0.29) is 18.2 Å². The van der Waals surface area contributed by atoms with Crippen molar-refractivity contribution in [3.63, 3.8) is 0 Å². The quantitative estimate of drug-likeness (QED) is 0.942. The number of nitrogens with one attached hydrogen (secondary N) is 1. The van der Waals surface area contributed by atoms with Gasteiger partial charge in [-0.2, -0.15) is 4.98 Å². The van der Waals surface area contributed by atoms with Crippen LogP contribution in [-0.2, 0) is 11.2 Å². The third-order valence-corrected chi connectivity index (χ3v) is 2.63. The van der Waals surface area contributed by atoms with Gasteiger partial charge in [-0.3, -0.25) is 4.79 Å². The van der Waals surface area contributed by atoms with Crippen LogP contribution in [0.2, 0.25) is 10.0 Å². The van der Waals surface area contributed by atoms with Crippen LogP contribution >= 0.6 is 23.2 Å². The van der Waals surface area contributed by atoms with Crippen molar-refractivity contribution in [1.29, 1.82) is 0 Å². The Morgan fingerprint density at radius 2 is 2.22 bits per heavy atom. The van der Waals surface area contributed by atoms with Gasteiger partial charge < -0.3 is 9.84 Å². The topological polar surface area (TPSA) is 68.0 Å². The molecule has 0 spiro atoms. The molecule has 94 valence electrons. The molecule has 7 heteroatoms. The summed E-state index contributed by atoms with van der Waals surface area (Å²) in [5.41, 5.74) is 0.488. The summed E-state index contributed by atoms with van der Waals surface area (Å²) in [6.45, 7) is 1.68. The molecule has 18 heavy (non-hydrogen) atoms.